The van der Waals surface area contributed by atoms with Crippen LogP contribution in [0.3, 0.4) is 0 Å². The van der Waals surface area contributed by atoms with Crippen LogP contribution in [0, 0.1) is 0 Å². The molecule has 0 radical (unpaired) electrons. The van der Waals surface area contributed by atoms with Crippen molar-refractivity contribution >= 4 is 11.8 Å². The molecule has 9 nitrogen and oxygen atoms in total. The van der Waals surface area contributed by atoms with Gasteiger partial charge in [0.05, 0.1) is 39.6 Å². The van der Waals surface area contributed by atoms with Gasteiger partial charge in [0.1, 0.15) is 23.0 Å². The van der Waals surface area contributed by atoms with Crippen LogP contribution in [0.15, 0.2) is 116 Å². The first-order chi connectivity index (χ1) is 23.4. The third-order valence-corrected chi connectivity index (χ3v) is 7.84. The first-order valence-corrected chi connectivity index (χ1v) is 15.4. The molecule has 2 amide bonds. The number of methoxy groups -OCH3 is 4. The minimum absolute atomic E-state index is 0.269. The highest BCUT2D eigenvalue weighted by molar-refractivity contribution is 5.99. The SMILES string of the molecule is COc1cccc(CN(Cc2cccc(OC)c2)C(=O)c2cncc(C(=O)N(Cc3cccc(OC)c3)Cc3cccc(OC)c3)c2)c1. The number of rotatable bonds is 14. The molecule has 0 aliphatic rings. The van der Waals surface area contributed by atoms with E-state index >= 15 is 0 Å². The maximum atomic E-state index is 14.2. The van der Waals surface area contributed by atoms with Gasteiger partial charge in [-0.15, -0.1) is 0 Å². The van der Waals surface area contributed by atoms with Crippen molar-refractivity contribution in [1.82, 2.24) is 14.8 Å². The highest BCUT2D eigenvalue weighted by Crippen LogP contribution is 2.23. The molecule has 0 aliphatic carbocycles. The zero-order valence-electron chi connectivity index (χ0n) is 27.6. The van der Waals surface area contributed by atoms with Crippen LogP contribution < -0.4 is 18.9 Å². The number of ether oxygens (including phenoxy) is 4. The molecule has 1 aromatic heterocycles. The lowest BCUT2D eigenvalue weighted by Gasteiger charge is -2.25. The molecule has 0 aliphatic heterocycles. The number of carbonyl (C=O) groups excluding carboxylic acids is 2. The Morgan fingerprint density at radius 1 is 0.479 bits per heavy atom. The van der Waals surface area contributed by atoms with Crippen molar-refractivity contribution in [3.8, 4) is 23.0 Å². The van der Waals surface area contributed by atoms with Crippen LogP contribution in [-0.4, -0.2) is 55.0 Å². The molecular weight excluding hydrogens is 606 g/mol. The molecule has 48 heavy (non-hydrogen) atoms. The predicted molar refractivity (Wildman–Crippen MR) is 183 cm³/mol. The van der Waals surface area contributed by atoms with Gasteiger partial charge in [-0.3, -0.25) is 14.6 Å². The van der Waals surface area contributed by atoms with Crippen LogP contribution in [0.5, 0.6) is 23.0 Å². The van der Waals surface area contributed by atoms with Gasteiger partial charge >= 0.3 is 0 Å². The Kier molecular flexibility index (Phi) is 11.3. The molecule has 0 saturated carbocycles. The summed E-state index contributed by atoms with van der Waals surface area (Å²) in [6.07, 6.45) is 3.00. The summed E-state index contributed by atoms with van der Waals surface area (Å²) in [6.45, 7) is 1.24. The number of hydrogen-bond acceptors (Lipinski definition) is 7. The van der Waals surface area contributed by atoms with Gasteiger partial charge in [0.15, 0.2) is 0 Å². The standard InChI is InChI=1S/C39H39N3O6/c1-45-34-13-5-9-28(17-34)24-41(25-29-10-6-14-35(18-29)46-2)38(43)32-21-33(23-40-22-32)39(44)42(26-30-11-7-15-36(19-30)47-3)27-31-12-8-16-37(20-31)48-4/h5-23H,24-27H2,1-4H3. The normalized spacial score (nSPS) is 10.6. The van der Waals surface area contributed by atoms with Crippen LogP contribution in [0.1, 0.15) is 43.0 Å². The molecule has 5 rings (SSSR count). The lowest BCUT2D eigenvalue weighted by Crippen LogP contribution is -2.32. The Bertz CT molecular complexity index is 1630. The molecule has 0 N–H and O–H groups in total. The number of hydrogen-bond donors (Lipinski definition) is 0. The second-order valence-corrected chi connectivity index (χ2v) is 11.2. The first kappa shape index (κ1) is 33.5. The molecular formula is C39H39N3O6. The van der Waals surface area contributed by atoms with E-state index in [9.17, 15) is 9.59 Å². The van der Waals surface area contributed by atoms with Crippen LogP contribution in [0.25, 0.3) is 0 Å². The van der Waals surface area contributed by atoms with Gasteiger partial charge in [0, 0.05) is 38.6 Å². The molecule has 4 aromatic carbocycles. The summed E-state index contributed by atoms with van der Waals surface area (Å²) in [6, 6.07) is 32.0. The fraction of sp³-hybridized carbons (Fsp3) is 0.205. The van der Waals surface area contributed by atoms with Gasteiger partial charge in [-0.25, -0.2) is 0 Å². The number of nitrogens with zero attached hydrogens (tertiary/aromatic N) is 3. The number of aromatic nitrogens is 1. The summed E-state index contributed by atoms with van der Waals surface area (Å²) >= 11 is 0. The topological polar surface area (TPSA) is 90.4 Å². The molecule has 0 atom stereocenters. The molecule has 0 unspecified atom stereocenters. The Balaban J connectivity index is 1.46. The third kappa shape index (κ3) is 8.70. The summed E-state index contributed by atoms with van der Waals surface area (Å²) in [5, 5.41) is 0. The van der Waals surface area contributed by atoms with Crippen molar-refractivity contribution in [2.75, 3.05) is 28.4 Å². The van der Waals surface area contributed by atoms with E-state index in [2.05, 4.69) is 4.98 Å². The maximum absolute atomic E-state index is 14.2. The van der Waals surface area contributed by atoms with Crippen LogP contribution >= 0.6 is 0 Å². The van der Waals surface area contributed by atoms with Crippen molar-refractivity contribution in [3.05, 3.63) is 149 Å². The quantitative estimate of drug-likeness (QED) is 0.131. The number of pyridine rings is 1. The predicted octanol–water partition coefficient (Wildman–Crippen LogP) is 6.80. The second kappa shape index (κ2) is 16.1. The molecule has 9 heteroatoms. The molecule has 0 bridgehead atoms. The van der Waals surface area contributed by atoms with Crippen molar-refractivity contribution in [2.45, 2.75) is 26.2 Å². The molecule has 0 spiro atoms. The van der Waals surface area contributed by atoms with Gasteiger partial charge in [0.2, 0.25) is 0 Å². The van der Waals surface area contributed by atoms with E-state index in [1.807, 2.05) is 97.1 Å². The van der Waals surface area contributed by atoms with Crippen molar-refractivity contribution < 1.29 is 28.5 Å². The van der Waals surface area contributed by atoms with E-state index in [0.29, 0.717) is 60.3 Å². The summed E-state index contributed by atoms with van der Waals surface area (Å²) in [4.78, 5) is 36.2. The van der Waals surface area contributed by atoms with Crippen molar-refractivity contribution in [3.63, 3.8) is 0 Å². The number of benzene rings is 4. The lowest BCUT2D eigenvalue weighted by molar-refractivity contribution is 0.0726. The van der Waals surface area contributed by atoms with Gasteiger partial charge < -0.3 is 28.7 Å². The first-order valence-electron chi connectivity index (χ1n) is 15.4. The van der Waals surface area contributed by atoms with E-state index in [1.54, 1.807) is 44.3 Å². The van der Waals surface area contributed by atoms with Crippen LogP contribution in [-0.2, 0) is 26.2 Å². The summed E-state index contributed by atoms with van der Waals surface area (Å²) < 4.78 is 21.7. The van der Waals surface area contributed by atoms with Crippen molar-refractivity contribution in [2.24, 2.45) is 0 Å². The summed E-state index contributed by atoms with van der Waals surface area (Å²) in [5.41, 5.74) is 4.19. The van der Waals surface area contributed by atoms with Gasteiger partial charge in [-0.2, -0.15) is 0 Å². The average Bonchev–Trinajstić information content (AvgIpc) is 3.14. The van der Waals surface area contributed by atoms with E-state index < -0.39 is 0 Å². The Hall–Kier alpha value is -5.83. The smallest absolute Gasteiger partial charge is 0.256 e. The maximum Gasteiger partial charge on any atom is 0.256 e. The largest absolute Gasteiger partial charge is 0.497 e. The Morgan fingerprint density at radius 2 is 0.771 bits per heavy atom. The van der Waals surface area contributed by atoms with E-state index in [-0.39, 0.29) is 11.8 Å². The van der Waals surface area contributed by atoms with Gasteiger partial charge in [-0.05, 0) is 76.9 Å². The van der Waals surface area contributed by atoms with E-state index in [4.69, 9.17) is 18.9 Å². The van der Waals surface area contributed by atoms with Gasteiger partial charge in [-0.1, -0.05) is 48.5 Å². The van der Waals surface area contributed by atoms with Crippen LogP contribution in [0.4, 0.5) is 0 Å². The highest BCUT2D eigenvalue weighted by Gasteiger charge is 2.22. The Labute approximate surface area is 281 Å². The highest BCUT2D eigenvalue weighted by atomic mass is 16.5. The zero-order chi connectivity index (χ0) is 33.9. The molecule has 0 fully saturated rings. The lowest BCUT2D eigenvalue weighted by atomic mass is 10.1. The fourth-order valence-corrected chi connectivity index (χ4v) is 5.40. The fourth-order valence-electron chi connectivity index (χ4n) is 5.40. The van der Waals surface area contributed by atoms with Gasteiger partial charge in [0.25, 0.3) is 11.8 Å². The average molecular weight is 646 g/mol. The Morgan fingerprint density at radius 3 is 1.04 bits per heavy atom. The summed E-state index contributed by atoms with van der Waals surface area (Å²) in [7, 11) is 6.44. The second-order valence-electron chi connectivity index (χ2n) is 11.2. The summed E-state index contributed by atoms with van der Waals surface area (Å²) in [5.74, 6) is 2.25. The zero-order valence-corrected chi connectivity index (χ0v) is 27.6. The third-order valence-electron chi connectivity index (χ3n) is 7.84. The monoisotopic (exact) mass is 645 g/mol. The van der Waals surface area contributed by atoms with Crippen molar-refractivity contribution in [1.29, 1.82) is 0 Å². The molecule has 1 heterocycles. The minimum atomic E-state index is -0.269. The molecule has 246 valence electrons. The van der Waals surface area contributed by atoms with E-state index in [0.717, 1.165) is 22.3 Å². The number of carbonyl (C=O) groups is 2. The molecule has 0 saturated heterocycles. The number of amides is 2. The van der Waals surface area contributed by atoms with E-state index in [1.165, 1.54) is 12.4 Å². The minimum Gasteiger partial charge on any atom is -0.497 e. The molecule has 5 aromatic rings. The van der Waals surface area contributed by atoms with Crippen LogP contribution in [0.2, 0.25) is 0 Å².